The van der Waals surface area contributed by atoms with Gasteiger partial charge in [-0.3, -0.25) is 10.1 Å². The zero-order chi connectivity index (χ0) is 15.6. The van der Waals surface area contributed by atoms with Crippen LogP contribution in [0.5, 0.6) is 11.5 Å². The van der Waals surface area contributed by atoms with Gasteiger partial charge in [-0.2, -0.15) is 0 Å². The van der Waals surface area contributed by atoms with E-state index in [1.54, 1.807) is 0 Å². The SMILES string of the molecule is O=C(O)c1ccc([N+](=O)[O-])cc1Oc1cc(Cl)ccc1Cl. The average Bonchev–Trinajstić information content (AvgIpc) is 2.42. The highest BCUT2D eigenvalue weighted by molar-refractivity contribution is 6.34. The molecule has 0 aliphatic heterocycles. The highest BCUT2D eigenvalue weighted by Crippen LogP contribution is 2.35. The standard InChI is InChI=1S/C13H7Cl2NO5/c14-7-1-4-10(15)12(5-7)21-11-6-8(16(19)20)2-3-9(11)13(17)18/h1-6H,(H,17,18). The van der Waals surface area contributed by atoms with Gasteiger partial charge in [0, 0.05) is 17.2 Å². The number of carboxylic acids is 1. The minimum absolute atomic E-state index is 0.104. The van der Waals surface area contributed by atoms with Gasteiger partial charge in [0.1, 0.15) is 17.1 Å². The summed E-state index contributed by atoms with van der Waals surface area (Å²) in [7, 11) is 0. The van der Waals surface area contributed by atoms with Gasteiger partial charge in [-0.1, -0.05) is 23.2 Å². The molecule has 0 bridgehead atoms. The Morgan fingerprint density at radius 3 is 2.48 bits per heavy atom. The van der Waals surface area contributed by atoms with Gasteiger partial charge in [0.2, 0.25) is 0 Å². The van der Waals surface area contributed by atoms with Crippen LogP contribution in [0, 0.1) is 10.1 Å². The maximum absolute atomic E-state index is 11.1. The van der Waals surface area contributed by atoms with Crippen molar-refractivity contribution in [2.24, 2.45) is 0 Å². The van der Waals surface area contributed by atoms with E-state index in [1.165, 1.54) is 18.2 Å². The molecule has 0 aliphatic rings. The highest BCUT2D eigenvalue weighted by Gasteiger charge is 2.18. The number of halogens is 2. The van der Waals surface area contributed by atoms with Crippen molar-refractivity contribution in [3.05, 3.63) is 62.1 Å². The second-order valence-corrected chi connectivity index (χ2v) is 4.76. The minimum Gasteiger partial charge on any atom is -0.478 e. The van der Waals surface area contributed by atoms with Gasteiger partial charge in [0.15, 0.2) is 0 Å². The van der Waals surface area contributed by atoms with E-state index in [0.29, 0.717) is 5.02 Å². The molecule has 6 nitrogen and oxygen atoms in total. The molecule has 0 aromatic heterocycles. The fourth-order valence-corrected chi connectivity index (χ4v) is 1.88. The zero-order valence-corrected chi connectivity index (χ0v) is 11.8. The number of ether oxygens (including phenoxy) is 1. The Hall–Kier alpha value is -2.31. The van der Waals surface area contributed by atoms with E-state index >= 15 is 0 Å². The number of hydrogen-bond acceptors (Lipinski definition) is 4. The van der Waals surface area contributed by atoms with Crippen LogP contribution in [0.25, 0.3) is 0 Å². The van der Waals surface area contributed by atoms with Gasteiger partial charge in [0.25, 0.3) is 5.69 Å². The lowest BCUT2D eigenvalue weighted by Gasteiger charge is -2.10. The van der Waals surface area contributed by atoms with Crippen LogP contribution in [-0.2, 0) is 0 Å². The number of aromatic carboxylic acids is 1. The first-order valence-corrected chi connectivity index (χ1v) is 6.28. The number of benzene rings is 2. The first-order valence-electron chi connectivity index (χ1n) is 5.53. The van der Waals surface area contributed by atoms with Crippen LogP contribution in [0.1, 0.15) is 10.4 Å². The number of rotatable bonds is 4. The van der Waals surface area contributed by atoms with Crippen LogP contribution in [0.15, 0.2) is 36.4 Å². The molecule has 0 atom stereocenters. The summed E-state index contributed by atoms with van der Waals surface area (Å²) < 4.78 is 5.37. The van der Waals surface area contributed by atoms with Crippen LogP contribution in [0.2, 0.25) is 10.0 Å². The summed E-state index contributed by atoms with van der Waals surface area (Å²) in [5.74, 6) is -1.37. The summed E-state index contributed by atoms with van der Waals surface area (Å²) >= 11 is 11.7. The second-order valence-electron chi connectivity index (χ2n) is 3.92. The molecule has 8 heteroatoms. The van der Waals surface area contributed by atoms with E-state index in [9.17, 15) is 14.9 Å². The molecule has 0 saturated heterocycles. The summed E-state index contributed by atoms with van der Waals surface area (Å²) in [6.45, 7) is 0. The minimum atomic E-state index is -1.28. The van der Waals surface area contributed by atoms with Crippen LogP contribution < -0.4 is 4.74 Å². The largest absolute Gasteiger partial charge is 0.478 e. The summed E-state index contributed by atoms with van der Waals surface area (Å²) in [6.07, 6.45) is 0. The number of nitro groups is 1. The number of nitro benzene ring substituents is 1. The van der Waals surface area contributed by atoms with Crippen molar-refractivity contribution < 1.29 is 19.6 Å². The van der Waals surface area contributed by atoms with E-state index < -0.39 is 10.9 Å². The third-order valence-corrected chi connectivity index (χ3v) is 3.07. The van der Waals surface area contributed by atoms with Gasteiger partial charge < -0.3 is 9.84 Å². The van der Waals surface area contributed by atoms with Crippen molar-refractivity contribution in [2.75, 3.05) is 0 Å². The summed E-state index contributed by atoms with van der Waals surface area (Å²) in [4.78, 5) is 21.2. The fraction of sp³-hybridized carbons (Fsp3) is 0. The van der Waals surface area contributed by atoms with E-state index in [1.807, 2.05) is 0 Å². The quantitative estimate of drug-likeness (QED) is 0.664. The normalized spacial score (nSPS) is 10.2. The van der Waals surface area contributed by atoms with E-state index in [4.69, 9.17) is 33.0 Å². The predicted octanol–water partition coefficient (Wildman–Crippen LogP) is 4.39. The van der Waals surface area contributed by atoms with Crippen molar-refractivity contribution in [3.63, 3.8) is 0 Å². The van der Waals surface area contributed by atoms with Crippen LogP contribution in [0.4, 0.5) is 5.69 Å². The smallest absolute Gasteiger partial charge is 0.339 e. The monoisotopic (exact) mass is 327 g/mol. The molecule has 2 rings (SSSR count). The third-order valence-electron chi connectivity index (χ3n) is 2.52. The van der Waals surface area contributed by atoms with Crippen molar-refractivity contribution in [1.29, 1.82) is 0 Å². The van der Waals surface area contributed by atoms with Gasteiger partial charge in [-0.15, -0.1) is 0 Å². The molecule has 2 aromatic rings. The van der Waals surface area contributed by atoms with Crippen molar-refractivity contribution >= 4 is 34.9 Å². The molecule has 0 aliphatic carbocycles. The molecule has 0 amide bonds. The average molecular weight is 328 g/mol. The second kappa shape index (κ2) is 5.99. The fourth-order valence-electron chi connectivity index (χ4n) is 1.56. The number of non-ortho nitro benzene ring substituents is 1. The van der Waals surface area contributed by atoms with E-state index in [0.717, 1.165) is 18.2 Å². The van der Waals surface area contributed by atoms with Crippen molar-refractivity contribution in [2.45, 2.75) is 0 Å². The lowest BCUT2D eigenvalue weighted by molar-refractivity contribution is -0.384. The summed E-state index contributed by atoms with van der Waals surface area (Å²) in [6, 6.07) is 7.57. The summed E-state index contributed by atoms with van der Waals surface area (Å²) in [5.41, 5.74) is -0.523. The van der Waals surface area contributed by atoms with Gasteiger partial charge in [0.05, 0.1) is 16.0 Å². The number of nitrogens with zero attached hydrogens (tertiary/aromatic N) is 1. The molecule has 108 valence electrons. The van der Waals surface area contributed by atoms with E-state index in [2.05, 4.69) is 0 Å². The van der Waals surface area contributed by atoms with Crippen LogP contribution in [-0.4, -0.2) is 16.0 Å². The lowest BCUT2D eigenvalue weighted by atomic mass is 10.2. The molecule has 21 heavy (non-hydrogen) atoms. The molecule has 0 heterocycles. The Morgan fingerprint density at radius 1 is 1.14 bits per heavy atom. The maximum Gasteiger partial charge on any atom is 0.339 e. The zero-order valence-electron chi connectivity index (χ0n) is 10.2. The Labute approximate surface area is 128 Å². The van der Waals surface area contributed by atoms with E-state index in [-0.39, 0.29) is 27.8 Å². The topological polar surface area (TPSA) is 89.7 Å². The lowest BCUT2D eigenvalue weighted by Crippen LogP contribution is -2.01. The molecule has 0 unspecified atom stereocenters. The molecule has 1 N–H and O–H groups in total. The van der Waals surface area contributed by atoms with Crippen LogP contribution >= 0.6 is 23.2 Å². The number of carboxylic acid groups (broad SMARTS) is 1. The molecule has 0 spiro atoms. The maximum atomic E-state index is 11.1. The third kappa shape index (κ3) is 3.42. The molecule has 0 saturated carbocycles. The molecule has 0 radical (unpaired) electrons. The highest BCUT2D eigenvalue weighted by atomic mass is 35.5. The van der Waals surface area contributed by atoms with Crippen molar-refractivity contribution in [1.82, 2.24) is 0 Å². The molecule has 2 aromatic carbocycles. The Kier molecular flexibility index (Phi) is 4.30. The van der Waals surface area contributed by atoms with Gasteiger partial charge in [-0.25, -0.2) is 4.79 Å². The predicted molar refractivity (Wildman–Crippen MR) is 76.6 cm³/mol. The van der Waals surface area contributed by atoms with Gasteiger partial charge >= 0.3 is 5.97 Å². The molecular formula is C13H7Cl2NO5. The first kappa shape index (κ1) is 15.1. The number of hydrogen-bond donors (Lipinski definition) is 1. The molecular weight excluding hydrogens is 321 g/mol. The Balaban J connectivity index is 2.50. The van der Waals surface area contributed by atoms with Gasteiger partial charge in [-0.05, 0) is 18.2 Å². The molecule has 0 fully saturated rings. The number of carbonyl (C=O) groups is 1. The van der Waals surface area contributed by atoms with Crippen LogP contribution in [0.3, 0.4) is 0 Å². The van der Waals surface area contributed by atoms with Crippen molar-refractivity contribution in [3.8, 4) is 11.5 Å². The first-order chi connectivity index (χ1) is 9.88. The Bertz CT molecular complexity index is 732. The summed E-state index contributed by atoms with van der Waals surface area (Å²) in [5, 5.41) is 20.4. The Morgan fingerprint density at radius 2 is 1.86 bits per heavy atom.